The smallest absolute Gasteiger partial charge is 0.324 e. The first kappa shape index (κ1) is 16.8. The van der Waals surface area contributed by atoms with Crippen molar-refractivity contribution in [2.24, 2.45) is 0 Å². The van der Waals surface area contributed by atoms with E-state index in [1.54, 1.807) is 56.3 Å². The van der Waals surface area contributed by atoms with E-state index in [-0.39, 0.29) is 5.95 Å². The van der Waals surface area contributed by atoms with Crippen molar-refractivity contribution in [1.82, 2.24) is 9.97 Å². The zero-order chi connectivity index (χ0) is 18.2. The Balaban J connectivity index is 2.13. The largest absolute Gasteiger partial charge is 0.493 e. The number of carbonyl (C=O) groups is 1. The van der Waals surface area contributed by atoms with Crippen molar-refractivity contribution in [1.29, 1.82) is 0 Å². The Bertz CT molecular complexity index is 881. The minimum absolute atomic E-state index is 0.0174. The molecule has 8 heteroatoms. The van der Waals surface area contributed by atoms with E-state index < -0.39 is 12.1 Å². The lowest BCUT2D eigenvalue weighted by Crippen LogP contribution is -2.33. The van der Waals surface area contributed by atoms with Gasteiger partial charge in [-0.15, -0.1) is 5.06 Å². The first-order valence-electron chi connectivity index (χ1n) is 7.37. The third kappa shape index (κ3) is 3.28. The Kier molecular flexibility index (Phi) is 4.12. The van der Waals surface area contributed by atoms with Gasteiger partial charge in [-0.2, -0.15) is 13.2 Å². The lowest BCUT2D eigenvalue weighted by Gasteiger charge is -2.24. The fourth-order valence-electron chi connectivity index (χ4n) is 2.49. The molecule has 0 bridgehead atoms. The fourth-order valence-corrected chi connectivity index (χ4v) is 2.49. The van der Waals surface area contributed by atoms with Crippen molar-refractivity contribution < 1.29 is 22.8 Å². The number of aromatic nitrogens is 2. The number of halogens is 3. The van der Waals surface area contributed by atoms with E-state index in [1.807, 2.05) is 0 Å². The summed E-state index contributed by atoms with van der Waals surface area (Å²) >= 11 is 0. The van der Waals surface area contributed by atoms with Gasteiger partial charge in [0.1, 0.15) is 0 Å². The maximum absolute atomic E-state index is 12.7. The SMILES string of the molecule is Cc1cccc(C)c1N(OC(=O)C(F)(F)F)c1nc2ccccc2[nH]1. The van der Waals surface area contributed by atoms with Gasteiger partial charge < -0.3 is 9.82 Å². The molecule has 1 N–H and O–H groups in total. The summed E-state index contributed by atoms with van der Waals surface area (Å²) in [7, 11) is 0. The summed E-state index contributed by atoms with van der Waals surface area (Å²) in [5, 5.41) is 0.792. The summed E-state index contributed by atoms with van der Waals surface area (Å²) in [6.07, 6.45) is -5.12. The number of para-hydroxylation sites is 3. The van der Waals surface area contributed by atoms with E-state index in [4.69, 9.17) is 0 Å². The Morgan fingerprint density at radius 1 is 1.08 bits per heavy atom. The molecule has 1 heterocycles. The molecule has 5 nitrogen and oxygen atoms in total. The molecule has 2 aromatic carbocycles. The van der Waals surface area contributed by atoms with Crippen molar-refractivity contribution in [3.05, 3.63) is 53.6 Å². The number of carbonyl (C=O) groups excluding carboxylic acids is 1. The van der Waals surface area contributed by atoms with E-state index in [0.29, 0.717) is 27.8 Å². The van der Waals surface area contributed by atoms with Gasteiger partial charge in [-0.1, -0.05) is 30.3 Å². The van der Waals surface area contributed by atoms with Crippen LogP contribution in [0.5, 0.6) is 0 Å². The van der Waals surface area contributed by atoms with Crippen molar-refractivity contribution in [3.8, 4) is 0 Å². The van der Waals surface area contributed by atoms with E-state index in [0.717, 1.165) is 5.06 Å². The third-order valence-electron chi connectivity index (χ3n) is 3.62. The highest BCUT2D eigenvalue weighted by molar-refractivity contribution is 5.82. The summed E-state index contributed by atoms with van der Waals surface area (Å²) in [6.45, 7) is 3.42. The molecule has 1 aromatic heterocycles. The Morgan fingerprint density at radius 3 is 2.32 bits per heavy atom. The molecular formula is C17H14F3N3O2. The summed E-state index contributed by atoms with van der Waals surface area (Å²) in [5.41, 5.74) is 2.73. The van der Waals surface area contributed by atoms with Crippen LogP contribution in [0, 0.1) is 13.8 Å². The third-order valence-corrected chi connectivity index (χ3v) is 3.62. The average Bonchev–Trinajstić information content (AvgIpc) is 2.96. The van der Waals surface area contributed by atoms with Gasteiger partial charge in [-0.25, -0.2) is 9.78 Å². The van der Waals surface area contributed by atoms with Gasteiger partial charge in [-0.3, -0.25) is 0 Å². The number of anilines is 2. The first-order chi connectivity index (χ1) is 11.8. The molecule has 0 aliphatic rings. The Labute approximate surface area is 141 Å². The summed E-state index contributed by atoms with van der Waals surface area (Å²) < 4.78 is 38.1. The number of hydrogen-bond acceptors (Lipinski definition) is 4. The maximum Gasteiger partial charge on any atom is 0.493 e. The number of nitrogens with one attached hydrogen (secondary N) is 1. The Hall–Kier alpha value is -3.03. The molecule has 0 radical (unpaired) electrons. The van der Waals surface area contributed by atoms with Crippen molar-refractivity contribution in [2.45, 2.75) is 20.0 Å². The molecular weight excluding hydrogens is 335 g/mol. The number of nitrogens with zero attached hydrogens (tertiary/aromatic N) is 2. The second-order valence-electron chi connectivity index (χ2n) is 5.49. The second kappa shape index (κ2) is 6.12. The van der Waals surface area contributed by atoms with Crippen molar-refractivity contribution >= 4 is 28.6 Å². The zero-order valence-corrected chi connectivity index (χ0v) is 13.4. The number of benzene rings is 2. The van der Waals surface area contributed by atoms with Crippen LogP contribution in [0.25, 0.3) is 11.0 Å². The molecule has 0 saturated carbocycles. The van der Waals surface area contributed by atoms with Crippen LogP contribution in [-0.2, 0) is 9.63 Å². The van der Waals surface area contributed by atoms with Crippen LogP contribution >= 0.6 is 0 Å². The van der Waals surface area contributed by atoms with Crippen molar-refractivity contribution in [2.75, 3.05) is 5.06 Å². The van der Waals surface area contributed by atoms with E-state index >= 15 is 0 Å². The molecule has 0 saturated heterocycles. The summed E-state index contributed by atoms with van der Waals surface area (Å²) in [6, 6.07) is 12.1. The van der Waals surface area contributed by atoms with Gasteiger partial charge in [0.25, 0.3) is 0 Å². The lowest BCUT2D eigenvalue weighted by atomic mass is 10.1. The fraction of sp³-hybridized carbons (Fsp3) is 0.176. The molecule has 3 rings (SSSR count). The van der Waals surface area contributed by atoms with Crippen LogP contribution < -0.4 is 5.06 Å². The predicted molar refractivity (Wildman–Crippen MR) is 86.3 cm³/mol. The number of aromatic amines is 1. The summed E-state index contributed by atoms with van der Waals surface area (Å²) in [5.74, 6) is -2.34. The standard InChI is InChI=1S/C17H14F3N3O2/c1-10-6-5-7-11(2)14(10)23(25-15(24)17(18,19)20)16-21-12-8-3-4-9-13(12)22-16/h3-9H,1-2H3,(H,21,22). The molecule has 3 aromatic rings. The first-order valence-corrected chi connectivity index (χ1v) is 7.37. The normalized spacial score (nSPS) is 11.6. The predicted octanol–water partition coefficient (Wildman–Crippen LogP) is 4.34. The molecule has 130 valence electrons. The van der Waals surface area contributed by atoms with Gasteiger partial charge in [0.2, 0.25) is 5.95 Å². The number of aryl methyl sites for hydroxylation is 2. The highest BCUT2D eigenvalue weighted by atomic mass is 19.4. The minimum atomic E-state index is -5.12. The molecule has 0 aliphatic heterocycles. The summed E-state index contributed by atoms with van der Waals surface area (Å²) in [4.78, 5) is 23.2. The molecule has 0 spiro atoms. The second-order valence-corrected chi connectivity index (χ2v) is 5.49. The number of fused-ring (bicyclic) bond motifs is 1. The minimum Gasteiger partial charge on any atom is -0.324 e. The van der Waals surface area contributed by atoms with E-state index in [9.17, 15) is 18.0 Å². The van der Waals surface area contributed by atoms with Gasteiger partial charge in [-0.05, 0) is 37.1 Å². The average molecular weight is 349 g/mol. The van der Waals surface area contributed by atoms with Crippen LogP contribution in [0.4, 0.5) is 24.8 Å². The molecule has 0 amide bonds. The molecule has 0 unspecified atom stereocenters. The monoisotopic (exact) mass is 349 g/mol. The number of H-pyrrole nitrogens is 1. The highest BCUT2D eigenvalue weighted by Gasteiger charge is 2.43. The molecule has 0 fully saturated rings. The molecule has 0 aliphatic carbocycles. The van der Waals surface area contributed by atoms with E-state index in [2.05, 4.69) is 14.8 Å². The van der Waals surface area contributed by atoms with Crippen LogP contribution in [0.15, 0.2) is 42.5 Å². The number of imidazole rings is 1. The topological polar surface area (TPSA) is 58.2 Å². The molecule has 0 atom stereocenters. The van der Waals surface area contributed by atoms with Gasteiger partial charge in [0.15, 0.2) is 0 Å². The number of hydrogen-bond donors (Lipinski definition) is 1. The Morgan fingerprint density at radius 2 is 1.72 bits per heavy atom. The molecule has 25 heavy (non-hydrogen) atoms. The van der Waals surface area contributed by atoms with Crippen LogP contribution in [0.2, 0.25) is 0 Å². The van der Waals surface area contributed by atoms with Crippen LogP contribution in [0.1, 0.15) is 11.1 Å². The quantitative estimate of drug-likeness (QED) is 0.715. The number of alkyl halides is 3. The number of rotatable bonds is 3. The van der Waals surface area contributed by atoms with Crippen molar-refractivity contribution in [3.63, 3.8) is 0 Å². The van der Waals surface area contributed by atoms with Gasteiger partial charge in [0.05, 0.1) is 16.7 Å². The maximum atomic E-state index is 12.7. The zero-order valence-electron chi connectivity index (χ0n) is 13.4. The van der Waals surface area contributed by atoms with Gasteiger partial charge in [0, 0.05) is 0 Å². The van der Waals surface area contributed by atoms with E-state index in [1.165, 1.54) is 0 Å². The lowest BCUT2D eigenvalue weighted by molar-refractivity contribution is -0.200. The van der Waals surface area contributed by atoms with Gasteiger partial charge >= 0.3 is 12.1 Å². The van der Waals surface area contributed by atoms with Crippen LogP contribution in [0.3, 0.4) is 0 Å². The van der Waals surface area contributed by atoms with Crippen LogP contribution in [-0.4, -0.2) is 22.1 Å². The highest BCUT2D eigenvalue weighted by Crippen LogP contribution is 2.32.